The molecule has 1 aromatic heterocycles. The molecule has 176 valence electrons. The van der Waals surface area contributed by atoms with Crippen LogP contribution in [0.1, 0.15) is 28.4 Å². The molecule has 0 amide bonds. The van der Waals surface area contributed by atoms with E-state index in [0.717, 1.165) is 22.8 Å². The van der Waals surface area contributed by atoms with Gasteiger partial charge in [-0.1, -0.05) is 24.3 Å². The summed E-state index contributed by atoms with van der Waals surface area (Å²) >= 11 is 0. The number of nitrogens with one attached hydrogen (secondary N) is 1. The van der Waals surface area contributed by atoms with E-state index in [1.54, 1.807) is 13.0 Å². The van der Waals surface area contributed by atoms with E-state index in [4.69, 9.17) is 15.6 Å². The monoisotopic (exact) mass is 492 g/mol. The smallest absolute Gasteiger partial charge is 0.335 e. The molecule has 1 heterocycles. The Kier molecular flexibility index (Phi) is 8.37. The van der Waals surface area contributed by atoms with E-state index < -0.39 is 16.0 Å². The van der Waals surface area contributed by atoms with E-state index in [2.05, 4.69) is 14.7 Å². The number of carboxylic acids is 1. The van der Waals surface area contributed by atoms with Gasteiger partial charge in [-0.25, -0.2) is 22.9 Å². The minimum absolute atomic E-state index is 0. The van der Waals surface area contributed by atoms with Crippen molar-refractivity contribution in [2.24, 2.45) is 5.73 Å². The van der Waals surface area contributed by atoms with Gasteiger partial charge in [0.25, 0.3) is 10.0 Å². The van der Waals surface area contributed by atoms with Crippen LogP contribution in [0.3, 0.4) is 0 Å². The van der Waals surface area contributed by atoms with Crippen molar-refractivity contribution in [2.75, 3.05) is 11.3 Å². The van der Waals surface area contributed by atoms with Crippen molar-refractivity contribution >= 4 is 34.3 Å². The van der Waals surface area contributed by atoms with E-state index in [9.17, 15) is 13.2 Å². The molecule has 3 aromatic rings. The lowest BCUT2D eigenvalue weighted by atomic mass is 10.00. The number of benzene rings is 2. The zero-order chi connectivity index (χ0) is 23.5. The number of aryl methyl sites for hydroxylation is 2. The third kappa shape index (κ3) is 6.19. The third-order valence-electron chi connectivity index (χ3n) is 4.71. The van der Waals surface area contributed by atoms with E-state index in [1.165, 1.54) is 18.2 Å². The van der Waals surface area contributed by atoms with Crippen LogP contribution in [0.2, 0.25) is 0 Å². The number of hydrogen-bond acceptors (Lipinski definition) is 7. The summed E-state index contributed by atoms with van der Waals surface area (Å²) in [5.74, 6) is -1.28. The first-order chi connectivity index (χ1) is 15.1. The maximum atomic E-state index is 12.9. The molecule has 0 bridgehead atoms. The first-order valence-electron chi connectivity index (χ1n) is 9.79. The zero-order valence-corrected chi connectivity index (χ0v) is 19.9. The molecular weight excluding hydrogens is 468 g/mol. The van der Waals surface area contributed by atoms with Crippen LogP contribution in [0.15, 0.2) is 53.4 Å². The molecule has 9 nitrogen and oxygen atoms in total. The van der Waals surface area contributed by atoms with Crippen molar-refractivity contribution in [3.63, 3.8) is 0 Å². The number of anilines is 1. The van der Waals surface area contributed by atoms with Crippen molar-refractivity contribution in [1.82, 2.24) is 9.97 Å². The molecule has 4 N–H and O–H groups in total. The van der Waals surface area contributed by atoms with Crippen LogP contribution in [0.5, 0.6) is 5.88 Å². The molecule has 0 aliphatic carbocycles. The number of aromatic carboxylic acids is 1. The van der Waals surface area contributed by atoms with Crippen LogP contribution in [-0.2, 0) is 10.0 Å². The Hall–Kier alpha value is -3.21. The molecule has 0 spiro atoms. The zero-order valence-electron chi connectivity index (χ0n) is 18.3. The summed E-state index contributed by atoms with van der Waals surface area (Å²) in [6, 6.07) is 12.4. The van der Waals surface area contributed by atoms with Gasteiger partial charge in [0.2, 0.25) is 11.8 Å². The number of ether oxygens (including phenoxy) is 1. The number of hydrogen-bond donors (Lipinski definition) is 3. The van der Waals surface area contributed by atoms with E-state index in [0.29, 0.717) is 5.69 Å². The topological polar surface area (TPSA) is 144 Å². The molecule has 3 rings (SSSR count). The molecule has 0 saturated carbocycles. The van der Waals surface area contributed by atoms with E-state index in [-0.39, 0.29) is 47.3 Å². The van der Waals surface area contributed by atoms with Crippen LogP contribution in [0.4, 0.5) is 5.95 Å². The predicted molar refractivity (Wildman–Crippen MR) is 128 cm³/mol. The largest absolute Gasteiger partial charge is 0.478 e. The first kappa shape index (κ1) is 26.0. The normalized spacial score (nSPS) is 11.9. The van der Waals surface area contributed by atoms with Crippen molar-refractivity contribution in [2.45, 2.75) is 31.8 Å². The second-order valence-electron chi connectivity index (χ2n) is 7.28. The number of aromatic nitrogens is 2. The van der Waals surface area contributed by atoms with Gasteiger partial charge in [-0.05, 0) is 50.1 Å². The van der Waals surface area contributed by atoms with Crippen molar-refractivity contribution in [3.05, 3.63) is 65.2 Å². The van der Waals surface area contributed by atoms with Gasteiger partial charge in [0.05, 0.1) is 16.2 Å². The van der Waals surface area contributed by atoms with Crippen molar-refractivity contribution in [3.8, 4) is 17.1 Å². The highest BCUT2D eigenvalue weighted by molar-refractivity contribution is 7.92. The maximum Gasteiger partial charge on any atom is 0.335 e. The van der Waals surface area contributed by atoms with Crippen molar-refractivity contribution < 1.29 is 23.1 Å². The number of carbonyl (C=O) groups is 1. The Balaban J connectivity index is 0.00000385. The fraction of sp³-hybridized carbons (Fsp3) is 0.227. The Morgan fingerprint density at radius 2 is 1.76 bits per heavy atom. The fourth-order valence-electron chi connectivity index (χ4n) is 3.11. The molecule has 0 radical (unpaired) electrons. The third-order valence-corrected chi connectivity index (χ3v) is 6.04. The SMILES string of the molecule is Cc1cccc(C)c1-c1cc(O[C@H](C)CN)nc(NS(=O)(=O)c2cccc(C(=O)O)c2)n1.Cl. The Morgan fingerprint density at radius 1 is 1.12 bits per heavy atom. The number of nitrogens with zero attached hydrogens (tertiary/aromatic N) is 2. The average molecular weight is 493 g/mol. The standard InChI is InChI=1S/C22H24N4O5S.ClH/c1-13-6-4-7-14(2)20(13)18-11-19(31-15(3)12-23)25-22(24-18)26-32(29,30)17-9-5-8-16(10-17)21(27)28;/h4-11,15H,12,23H2,1-3H3,(H,27,28)(H,24,25,26);1H/t15-;/m1./s1. The van der Waals surface area contributed by atoms with Gasteiger partial charge in [-0.3, -0.25) is 0 Å². The summed E-state index contributed by atoms with van der Waals surface area (Å²) in [7, 11) is -4.16. The average Bonchev–Trinajstić information content (AvgIpc) is 2.73. The second kappa shape index (κ2) is 10.6. The summed E-state index contributed by atoms with van der Waals surface area (Å²) in [6.45, 7) is 5.86. The van der Waals surface area contributed by atoms with Crippen LogP contribution in [0, 0.1) is 13.8 Å². The quantitative estimate of drug-likeness (QED) is 0.433. The number of nitrogens with two attached hydrogens (primary N) is 1. The molecule has 0 fully saturated rings. The molecule has 0 saturated heterocycles. The van der Waals surface area contributed by atoms with Crippen LogP contribution < -0.4 is 15.2 Å². The summed E-state index contributed by atoms with van der Waals surface area (Å²) in [5, 5.41) is 9.16. The Labute approximate surface area is 198 Å². The predicted octanol–water partition coefficient (Wildman–Crippen LogP) is 3.41. The summed E-state index contributed by atoms with van der Waals surface area (Å²) in [6.07, 6.45) is -0.354. The lowest BCUT2D eigenvalue weighted by molar-refractivity contribution is 0.0696. The highest BCUT2D eigenvalue weighted by atomic mass is 35.5. The first-order valence-corrected chi connectivity index (χ1v) is 11.3. The van der Waals surface area contributed by atoms with Gasteiger partial charge < -0.3 is 15.6 Å². The van der Waals surface area contributed by atoms with Gasteiger partial charge in [-0.2, -0.15) is 4.98 Å². The Morgan fingerprint density at radius 3 is 2.36 bits per heavy atom. The summed E-state index contributed by atoms with van der Waals surface area (Å²) < 4.78 is 33.9. The van der Waals surface area contributed by atoms with Crippen LogP contribution in [-0.4, -0.2) is 42.1 Å². The minimum atomic E-state index is -4.16. The summed E-state index contributed by atoms with van der Waals surface area (Å²) in [4.78, 5) is 19.6. The minimum Gasteiger partial charge on any atom is -0.478 e. The summed E-state index contributed by atoms with van der Waals surface area (Å²) in [5.41, 5.74) is 8.69. The molecular formula is C22H25ClN4O5S. The van der Waals surface area contributed by atoms with Gasteiger partial charge in [-0.15, -0.1) is 12.4 Å². The molecule has 1 atom stereocenters. The number of sulfonamides is 1. The lowest BCUT2D eigenvalue weighted by Crippen LogP contribution is -2.24. The molecule has 11 heteroatoms. The number of rotatable bonds is 8. The number of carboxylic acid groups (broad SMARTS) is 1. The molecule has 0 aliphatic heterocycles. The van der Waals surface area contributed by atoms with Crippen LogP contribution in [0.25, 0.3) is 11.3 Å². The highest BCUT2D eigenvalue weighted by Crippen LogP contribution is 2.29. The maximum absolute atomic E-state index is 12.9. The van der Waals surface area contributed by atoms with Gasteiger partial charge in [0, 0.05) is 18.2 Å². The van der Waals surface area contributed by atoms with Crippen LogP contribution >= 0.6 is 12.4 Å². The lowest BCUT2D eigenvalue weighted by Gasteiger charge is -2.16. The second-order valence-corrected chi connectivity index (χ2v) is 8.97. The van der Waals surface area contributed by atoms with Gasteiger partial charge in [0.15, 0.2) is 0 Å². The van der Waals surface area contributed by atoms with Crippen molar-refractivity contribution in [1.29, 1.82) is 0 Å². The number of halogens is 1. The fourth-order valence-corrected chi connectivity index (χ4v) is 4.10. The Bertz CT molecular complexity index is 1250. The molecule has 2 aromatic carbocycles. The molecule has 33 heavy (non-hydrogen) atoms. The van der Waals surface area contributed by atoms with E-state index >= 15 is 0 Å². The molecule has 0 aliphatic rings. The van der Waals surface area contributed by atoms with Gasteiger partial charge in [0.1, 0.15) is 6.10 Å². The molecule has 0 unspecified atom stereocenters. The van der Waals surface area contributed by atoms with Gasteiger partial charge >= 0.3 is 5.97 Å². The highest BCUT2D eigenvalue weighted by Gasteiger charge is 2.20. The van der Waals surface area contributed by atoms with E-state index in [1.807, 2.05) is 32.0 Å².